The highest BCUT2D eigenvalue weighted by molar-refractivity contribution is 5.78. The van der Waals surface area contributed by atoms with E-state index in [-0.39, 0.29) is 6.10 Å². The number of aliphatic hydroxyl groups is 1. The summed E-state index contributed by atoms with van der Waals surface area (Å²) in [7, 11) is 0. The third kappa shape index (κ3) is 2.62. The maximum atomic E-state index is 9.87. The van der Waals surface area contributed by atoms with Crippen LogP contribution in [0.1, 0.15) is 18.9 Å². The van der Waals surface area contributed by atoms with Crippen LogP contribution in [-0.4, -0.2) is 57.7 Å². The van der Waals surface area contributed by atoms with E-state index in [2.05, 4.69) is 46.0 Å². The molecule has 3 heterocycles. The first kappa shape index (κ1) is 14.1. The van der Waals surface area contributed by atoms with Gasteiger partial charge in [0.25, 0.3) is 0 Å². The SMILES string of the molecule is C[C@@H]1CN2C[C@H](O)CC2CN1Cc1ccc2ncccc2c1. The Hall–Kier alpha value is -1.49. The van der Waals surface area contributed by atoms with Crippen molar-refractivity contribution in [1.82, 2.24) is 14.8 Å². The average molecular weight is 297 g/mol. The van der Waals surface area contributed by atoms with Gasteiger partial charge in [-0.25, -0.2) is 0 Å². The minimum Gasteiger partial charge on any atom is -0.392 e. The normalized spacial score (nSPS) is 29.8. The van der Waals surface area contributed by atoms with Crippen molar-refractivity contribution in [2.45, 2.75) is 38.1 Å². The van der Waals surface area contributed by atoms with Gasteiger partial charge in [0.1, 0.15) is 0 Å². The van der Waals surface area contributed by atoms with E-state index >= 15 is 0 Å². The predicted octanol–water partition coefficient (Wildman–Crippen LogP) is 1.87. The van der Waals surface area contributed by atoms with Gasteiger partial charge >= 0.3 is 0 Å². The second-order valence-electron chi connectivity index (χ2n) is 6.81. The number of hydrogen-bond donors (Lipinski definition) is 1. The molecule has 1 aromatic carbocycles. The van der Waals surface area contributed by atoms with Crippen molar-refractivity contribution < 1.29 is 5.11 Å². The lowest BCUT2D eigenvalue weighted by atomic mass is 10.1. The molecule has 4 rings (SSSR count). The van der Waals surface area contributed by atoms with Crippen LogP contribution >= 0.6 is 0 Å². The zero-order valence-electron chi connectivity index (χ0n) is 13.0. The van der Waals surface area contributed by atoms with E-state index in [0.29, 0.717) is 12.1 Å². The first-order chi connectivity index (χ1) is 10.7. The van der Waals surface area contributed by atoms with Crippen LogP contribution in [0, 0.1) is 0 Å². The number of benzene rings is 1. The molecule has 2 aliphatic rings. The monoisotopic (exact) mass is 297 g/mol. The van der Waals surface area contributed by atoms with Gasteiger partial charge in [0.05, 0.1) is 11.6 Å². The smallest absolute Gasteiger partial charge is 0.0702 e. The van der Waals surface area contributed by atoms with Crippen molar-refractivity contribution in [2.75, 3.05) is 19.6 Å². The van der Waals surface area contributed by atoms with Gasteiger partial charge in [-0.05, 0) is 37.1 Å². The highest BCUT2D eigenvalue weighted by Crippen LogP contribution is 2.26. The maximum Gasteiger partial charge on any atom is 0.0702 e. The van der Waals surface area contributed by atoms with E-state index < -0.39 is 0 Å². The second-order valence-corrected chi connectivity index (χ2v) is 6.81. The average Bonchev–Trinajstić information content (AvgIpc) is 2.86. The molecule has 1 unspecified atom stereocenters. The Kier molecular flexibility index (Phi) is 3.60. The molecule has 3 atom stereocenters. The molecule has 2 aromatic rings. The highest BCUT2D eigenvalue weighted by atomic mass is 16.3. The third-order valence-electron chi connectivity index (χ3n) is 5.13. The summed E-state index contributed by atoms with van der Waals surface area (Å²) in [6, 6.07) is 11.7. The van der Waals surface area contributed by atoms with E-state index in [0.717, 1.165) is 38.1 Å². The van der Waals surface area contributed by atoms with Gasteiger partial charge in [-0.1, -0.05) is 12.1 Å². The van der Waals surface area contributed by atoms with Gasteiger partial charge in [-0.15, -0.1) is 0 Å². The molecule has 22 heavy (non-hydrogen) atoms. The minimum atomic E-state index is -0.135. The molecule has 2 saturated heterocycles. The molecule has 4 heteroatoms. The van der Waals surface area contributed by atoms with E-state index in [1.165, 1.54) is 10.9 Å². The minimum absolute atomic E-state index is 0.135. The van der Waals surface area contributed by atoms with E-state index in [1.807, 2.05) is 12.3 Å². The molecule has 0 aliphatic carbocycles. The lowest BCUT2D eigenvalue weighted by Gasteiger charge is -2.42. The molecule has 0 spiro atoms. The summed E-state index contributed by atoms with van der Waals surface area (Å²) in [5.74, 6) is 0. The number of nitrogens with zero attached hydrogens (tertiary/aromatic N) is 3. The number of aliphatic hydroxyl groups excluding tert-OH is 1. The van der Waals surface area contributed by atoms with Crippen LogP contribution in [0.3, 0.4) is 0 Å². The van der Waals surface area contributed by atoms with E-state index in [4.69, 9.17) is 0 Å². The van der Waals surface area contributed by atoms with Crippen LogP contribution in [0.5, 0.6) is 0 Å². The summed E-state index contributed by atoms with van der Waals surface area (Å²) in [5, 5.41) is 11.1. The fourth-order valence-corrected chi connectivity index (χ4v) is 3.95. The molecule has 4 nitrogen and oxygen atoms in total. The van der Waals surface area contributed by atoms with Crippen molar-refractivity contribution in [3.05, 3.63) is 42.1 Å². The number of aromatic nitrogens is 1. The predicted molar refractivity (Wildman–Crippen MR) is 87.6 cm³/mol. The molecule has 0 radical (unpaired) electrons. The van der Waals surface area contributed by atoms with Gasteiger partial charge < -0.3 is 5.11 Å². The number of hydrogen-bond acceptors (Lipinski definition) is 4. The molecule has 1 aromatic heterocycles. The van der Waals surface area contributed by atoms with Gasteiger partial charge in [0.2, 0.25) is 0 Å². The molecular formula is C18H23N3O. The van der Waals surface area contributed by atoms with Crippen LogP contribution in [-0.2, 0) is 6.54 Å². The largest absolute Gasteiger partial charge is 0.392 e. The molecule has 0 amide bonds. The van der Waals surface area contributed by atoms with Crippen molar-refractivity contribution in [2.24, 2.45) is 0 Å². The fourth-order valence-electron chi connectivity index (χ4n) is 3.95. The Morgan fingerprint density at radius 3 is 3.05 bits per heavy atom. The summed E-state index contributed by atoms with van der Waals surface area (Å²) in [6.07, 6.45) is 2.63. The van der Waals surface area contributed by atoms with Crippen LogP contribution in [0.15, 0.2) is 36.5 Å². The summed E-state index contributed by atoms with van der Waals surface area (Å²) in [4.78, 5) is 9.39. The molecule has 1 N–H and O–H groups in total. The molecule has 2 fully saturated rings. The van der Waals surface area contributed by atoms with Gasteiger partial charge in [0, 0.05) is 49.8 Å². The van der Waals surface area contributed by atoms with Gasteiger partial charge in [0.15, 0.2) is 0 Å². The van der Waals surface area contributed by atoms with Gasteiger partial charge in [-0.2, -0.15) is 0 Å². The molecule has 0 bridgehead atoms. The third-order valence-corrected chi connectivity index (χ3v) is 5.13. The fraction of sp³-hybridized carbons (Fsp3) is 0.500. The van der Waals surface area contributed by atoms with Crippen molar-refractivity contribution in [1.29, 1.82) is 0 Å². The summed E-state index contributed by atoms with van der Waals surface area (Å²) in [6.45, 7) is 6.25. The van der Waals surface area contributed by atoms with Crippen molar-refractivity contribution >= 4 is 10.9 Å². The van der Waals surface area contributed by atoms with Crippen LogP contribution < -0.4 is 0 Å². The Bertz CT molecular complexity index is 674. The lowest BCUT2D eigenvalue weighted by Crippen LogP contribution is -2.54. The van der Waals surface area contributed by atoms with E-state index in [9.17, 15) is 5.11 Å². The van der Waals surface area contributed by atoms with Crippen LogP contribution in [0.2, 0.25) is 0 Å². The maximum absolute atomic E-state index is 9.87. The standard InChI is InChI=1S/C18H23N3O/c1-13-9-21-12-17(22)8-16(21)11-20(13)10-14-4-5-18-15(7-14)3-2-6-19-18/h2-7,13,16-17,22H,8-12H2,1H3/t13-,16?,17-/m1/s1. The lowest BCUT2D eigenvalue weighted by molar-refractivity contribution is 0.0529. The van der Waals surface area contributed by atoms with Crippen molar-refractivity contribution in [3.8, 4) is 0 Å². The topological polar surface area (TPSA) is 39.6 Å². The number of rotatable bonds is 2. The molecular weight excluding hydrogens is 274 g/mol. The Morgan fingerprint density at radius 1 is 1.23 bits per heavy atom. The molecule has 116 valence electrons. The van der Waals surface area contributed by atoms with E-state index in [1.54, 1.807) is 0 Å². The summed E-state index contributed by atoms with van der Waals surface area (Å²) in [5.41, 5.74) is 2.40. The van der Waals surface area contributed by atoms with Gasteiger partial charge in [-0.3, -0.25) is 14.8 Å². The molecule has 2 aliphatic heterocycles. The van der Waals surface area contributed by atoms with Crippen LogP contribution in [0.25, 0.3) is 10.9 Å². The zero-order chi connectivity index (χ0) is 15.1. The first-order valence-corrected chi connectivity index (χ1v) is 8.19. The summed E-state index contributed by atoms with van der Waals surface area (Å²) < 4.78 is 0. The molecule has 0 saturated carbocycles. The Balaban J connectivity index is 1.51. The number of fused-ring (bicyclic) bond motifs is 2. The zero-order valence-corrected chi connectivity index (χ0v) is 13.0. The Morgan fingerprint density at radius 2 is 2.14 bits per heavy atom. The number of pyridine rings is 1. The Labute approximate surface area is 131 Å². The van der Waals surface area contributed by atoms with Crippen LogP contribution in [0.4, 0.5) is 0 Å². The quantitative estimate of drug-likeness (QED) is 0.919. The second kappa shape index (κ2) is 5.61. The highest BCUT2D eigenvalue weighted by Gasteiger charge is 2.37. The first-order valence-electron chi connectivity index (χ1n) is 8.19. The van der Waals surface area contributed by atoms with Crippen molar-refractivity contribution in [3.63, 3.8) is 0 Å². The number of piperazine rings is 1. The summed E-state index contributed by atoms with van der Waals surface area (Å²) >= 11 is 0.